The highest BCUT2D eigenvalue weighted by Crippen LogP contribution is 2.27. The zero-order chi connectivity index (χ0) is 16.4. The molecule has 0 saturated carbocycles. The molecule has 23 heavy (non-hydrogen) atoms. The molecule has 2 N–H and O–H groups in total. The Labute approximate surface area is 133 Å². The Hall–Kier alpha value is -3.02. The second kappa shape index (κ2) is 6.00. The highest BCUT2D eigenvalue weighted by Gasteiger charge is 2.23. The van der Waals surface area contributed by atoms with Crippen molar-refractivity contribution in [3.63, 3.8) is 0 Å². The van der Waals surface area contributed by atoms with Crippen LogP contribution < -0.4 is 10.2 Å². The molecule has 0 spiro atoms. The van der Waals surface area contributed by atoms with Gasteiger partial charge >= 0.3 is 5.97 Å². The van der Waals surface area contributed by atoms with Gasteiger partial charge in [-0.15, -0.1) is 5.10 Å². The number of carboxylic acids is 1. The maximum atomic E-state index is 11.0. The molecule has 0 aromatic heterocycles. The van der Waals surface area contributed by atoms with Crippen LogP contribution in [0.2, 0.25) is 0 Å². The molecule has 0 amide bonds. The first kappa shape index (κ1) is 14.9. The molecule has 0 radical (unpaired) electrons. The van der Waals surface area contributed by atoms with Crippen LogP contribution in [0.5, 0.6) is 5.75 Å². The molecule has 0 bridgehead atoms. The summed E-state index contributed by atoms with van der Waals surface area (Å²) in [6.45, 7) is 1.96. The van der Waals surface area contributed by atoms with Crippen LogP contribution in [0.1, 0.15) is 33.3 Å². The summed E-state index contributed by atoms with van der Waals surface area (Å²) in [6.07, 6.45) is -0.437. The van der Waals surface area contributed by atoms with Crippen molar-refractivity contribution in [1.29, 1.82) is 0 Å². The quantitative estimate of drug-likeness (QED) is 0.907. The number of aromatic carboxylic acids is 1. The number of rotatable bonds is 4. The van der Waals surface area contributed by atoms with Gasteiger partial charge in [0.15, 0.2) is 0 Å². The van der Waals surface area contributed by atoms with Gasteiger partial charge in [-0.3, -0.25) is 5.43 Å². The number of carbonyl (C=O) groups is 1. The fraction of sp³-hybridized carbons (Fsp3) is 0.176. The van der Waals surface area contributed by atoms with Gasteiger partial charge in [0, 0.05) is 11.1 Å². The summed E-state index contributed by atoms with van der Waals surface area (Å²) >= 11 is 0. The lowest BCUT2D eigenvalue weighted by molar-refractivity contribution is 0.0697. The van der Waals surface area contributed by atoms with E-state index in [0.717, 1.165) is 16.9 Å². The Bertz CT molecular complexity index is 786. The number of hydrazone groups is 1. The van der Waals surface area contributed by atoms with Crippen molar-refractivity contribution in [2.24, 2.45) is 5.10 Å². The van der Waals surface area contributed by atoms with E-state index in [0.29, 0.717) is 11.5 Å². The first-order valence-corrected chi connectivity index (χ1v) is 7.06. The number of ether oxygens (including phenoxy) is 2. The number of benzene rings is 2. The standard InChI is InChI=1S/C17H16N2O4/c1-10-6-7-12(9-14(10)22-2)16-19-18-15(23-16)11-4-3-5-13(8-11)17(20)21/h3-9,16,19H,1-2H3,(H,20,21). The van der Waals surface area contributed by atoms with E-state index in [1.165, 1.54) is 12.1 Å². The number of nitrogens with one attached hydrogen (secondary N) is 1. The van der Waals surface area contributed by atoms with Crippen molar-refractivity contribution in [2.75, 3.05) is 7.11 Å². The summed E-state index contributed by atoms with van der Waals surface area (Å²) in [7, 11) is 1.62. The molecule has 0 fully saturated rings. The van der Waals surface area contributed by atoms with E-state index in [-0.39, 0.29) is 5.56 Å². The second-order valence-corrected chi connectivity index (χ2v) is 5.16. The molecule has 1 heterocycles. The van der Waals surface area contributed by atoms with Crippen LogP contribution in [0, 0.1) is 6.92 Å². The Morgan fingerprint density at radius 1 is 1.30 bits per heavy atom. The average Bonchev–Trinajstić information content (AvgIpc) is 3.05. The monoisotopic (exact) mass is 312 g/mol. The van der Waals surface area contributed by atoms with Crippen molar-refractivity contribution >= 4 is 11.9 Å². The largest absolute Gasteiger partial charge is 0.496 e. The maximum absolute atomic E-state index is 11.0. The van der Waals surface area contributed by atoms with Crippen molar-refractivity contribution in [3.8, 4) is 5.75 Å². The van der Waals surface area contributed by atoms with Crippen LogP contribution in [-0.2, 0) is 4.74 Å². The Morgan fingerprint density at radius 3 is 2.87 bits per heavy atom. The predicted octanol–water partition coefficient (Wildman–Crippen LogP) is 2.68. The fourth-order valence-electron chi connectivity index (χ4n) is 2.34. The lowest BCUT2D eigenvalue weighted by Crippen LogP contribution is -2.13. The van der Waals surface area contributed by atoms with Gasteiger partial charge in [0.1, 0.15) is 5.75 Å². The Kier molecular flexibility index (Phi) is 3.89. The van der Waals surface area contributed by atoms with E-state index in [4.69, 9.17) is 14.6 Å². The summed E-state index contributed by atoms with van der Waals surface area (Å²) in [5.74, 6) is 0.144. The van der Waals surface area contributed by atoms with Gasteiger partial charge in [-0.1, -0.05) is 18.2 Å². The van der Waals surface area contributed by atoms with Gasteiger partial charge < -0.3 is 14.6 Å². The zero-order valence-electron chi connectivity index (χ0n) is 12.7. The minimum Gasteiger partial charge on any atom is -0.496 e. The molecule has 6 heteroatoms. The lowest BCUT2D eigenvalue weighted by atomic mass is 10.1. The van der Waals surface area contributed by atoms with Gasteiger partial charge in [0.05, 0.1) is 12.7 Å². The molecule has 1 aliphatic heterocycles. The van der Waals surface area contributed by atoms with Crippen molar-refractivity contribution in [1.82, 2.24) is 5.43 Å². The van der Waals surface area contributed by atoms with E-state index in [9.17, 15) is 4.79 Å². The van der Waals surface area contributed by atoms with Crippen LogP contribution in [0.4, 0.5) is 0 Å². The van der Waals surface area contributed by atoms with Crippen LogP contribution in [0.3, 0.4) is 0 Å². The highest BCUT2D eigenvalue weighted by molar-refractivity contribution is 5.97. The van der Waals surface area contributed by atoms with Gasteiger partial charge in [0.25, 0.3) is 0 Å². The molecule has 2 aromatic rings. The minimum atomic E-state index is -0.988. The smallest absolute Gasteiger partial charge is 0.335 e. The average molecular weight is 312 g/mol. The molecule has 1 aliphatic rings. The van der Waals surface area contributed by atoms with E-state index < -0.39 is 12.2 Å². The van der Waals surface area contributed by atoms with Gasteiger partial charge in [-0.05, 0) is 36.8 Å². The molecule has 118 valence electrons. The molecule has 1 atom stereocenters. The predicted molar refractivity (Wildman–Crippen MR) is 84.6 cm³/mol. The third-order valence-corrected chi connectivity index (χ3v) is 3.60. The Balaban J connectivity index is 1.80. The summed E-state index contributed by atoms with van der Waals surface area (Å²) in [5.41, 5.74) is 5.61. The first-order chi connectivity index (χ1) is 11.1. The Morgan fingerprint density at radius 2 is 2.13 bits per heavy atom. The normalized spacial score (nSPS) is 16.3. The molecule has 2 aromatic carbocycles. The SMILES string of the molecule is COc1cc(C2NN=C(c3cccc(C(=O)O)c3)O2)ccc1C. The second-order valence-electron chi connectivity index (χ2n) is 5.16. The highest BCUT2D eigenvalue weighted by atomic mass is 16.5. The number of nitrogens with zero attached hydrogens (tertiary/aromatic N) is 1. The zero-order valence-corrected chi connectivity index (χ0v) is 12.7. The van der Waals surface area contributed by atoms with Crippen LogP contribution in [0.25, 0.3) is 0 Å². The van der Waals surface area contributed by atoms with E-state index in [1.54, 1.807) is 19.2 Å². The lowest BCUT2D eigenvalue weighted by Gasteiger charge is -2.14. The van der Waals surface area contributed by atoms with Gasteiger partial charge in [-0.2, -0.15) is 0 Å². The summed E-state index contributed by atoms with van der Waals surface area (Å²) in [4.78, 5) is 11.0. The van der Waals surface area contributed by atoms with E-state index in [1.807, 2.05) is 25.1 Å². The van der Waals surface area contributed by atoms with Gasteiger partial charge in [-0.25, -0.2) is 4.79 Å². The van der Waals surface area contributed by atoms with Crippen molar-refractivity contribution in [2.45, 2.75) is 13.2 Å². The van der Waals surface area contributed by atoms with Crippen molar-refractivity contribution < 1.29 is 19.4 Å². The summed E-state index contributed by atoms with van der Waals surface area (Å²) in [6, 6.07) is 12.2. The van der Waals surface area contributed by atoms with Crippen LogP contribution in [0.15, 0.2) is 47.6 Å². The molecule has 0 aliphatic carbocycles. The molecule has 1 unspecified atom stereocenters. The number of methoxy groups -OCH3 is 1. The fourth-order valence-corrected chi connectivity index (χ4v) is 2.34. The number of carboxylic acid groups (broad SMARTS) is 1. The molecule has 6 nitrogen and oxygen atoms in total. The summed E-state index contributed by atoms with van der Waals surface area (Å²) in [5, 5.41) is 13.2. The molecular formula is C17H16N2O4. The van der Waals surface area contributed by atoms with Crippen LogP contribution in [-0.4, -0.2) is 24.1 Å². The number of aryl methyl sites for hydroxylation is 1. The summed E-state index contributed by atoms with van der Waals surface area (Å²) < 4.78 is 11.1. The van der Waals surface area contributed by atoms with E-state index in [2.05, 4.69) is 10.5 Å². The number of hydrogen-bond acceptors (Lipinski definition) is 5. The number of hydrogen-bond donors (Lipinski definition) is 2. The minimum absolute atomic E-state index is 0.189. The third-order valence-electron chi connectivity index (χ3n) is 3.60. The maximum Gasteiger partial charge on any atom is 0.335 e. The van der Waals surface area contributed by atoms with Gasteiger partial charge in [0.2, 0.25) is 12.1 Å². The topological polar surface area (TPSA) is 80.2 Å². The van der Waals surface area contributed by atoms with E-state index >= 15 is 0 Å². The molecule has 3 rings (SSSR count). The third kappa shape index (κ3) is 2.96. The molecule has 0 saturated heterocycles. The van der Waals surface area contributed by atoms with Crippen molar-refractivity contribution in [3.05, 3.63) is 64.7 Å². The molecular weight excluding hydrogens is 296 g/mol. The first-order valence-electron chi connectivity index (χ1n) is 7.06. The van der Waals surface area contributed by atoms with Crippen LogP contribution >= 0.6 is 0 Å².